The predicted molar refractivity (Wildman–Crippen MR) is 47.8 cm³/mol. The standard InChI is InChI=1S/C7H6BrF3N2O/c1-3-5(12)4(8)2-13-6(3)14-7(9,10)11/h2H,1H3,(H2,12,13). The molecule has 0 aliphatic carbocycles. The Balaban J connectivity index is 3.06. The number of nitrogen functional groups attached to an aromatic ring is 1. The highest BCUT2D eigenvalue weighted by Gasteiger charge is 2.32. The van der Waals surface area contributed by atoms with Gasteiger partial charge in [0.05, 0.1) is 10.2 Å². The van der Waals surface area contributed by atoms with E-state index in [1.54, 1.807) is 0 Å². The molecular weight excluding hydrogens is 265 g/mol. The van der Waals surface area contributed by atoms with E-state index in [4.69, 9.17) is 5.73 Å². The van der Waals surface area contributed by atoms with Crippen LogP contribution in [-0.2, 0) is 0 Å². The van der Waals surface area contributed by atoms with Crippen LogP contribution in [0.5, 0.6) is 5.88 Å². The van der Waals surface area contributed by atoms with Crippen molar-refractivity contribution >= 4 is 21.6 Å². The molecule has 1 heterocycles. The summed E-state index contributed by atoms with van der Waals surface area (Å²) in [6.07, 6.45) is -3.60. The van der Waals surface area contributed by atoms with Crippen LogP contribution >= 0.6 is 15.9 Å². The zero-order chi connectivity index (χ0) is 10.9. The van der Waals surface area contributed by atoms with Gasteiger partial charge < -0.3 is 10.5 Å². The maximum Gasteiger partial charge on any atom is 0.574 e. The molecule has 0 spiro atoms. The highest BCUT2D eigenvalue weighted by atomic mass is 79.9. The Hall–Kier alpha value is -0.980. The summed E-state index contributed by atoms with van der Waals surface area (Å²) in [5, 5.41) is 0. The highest BCUT2D eigenvalue weighted by molar-refractivity contribution is 9.10. The van der Waals surface area contributed by atoms with Gasteiger partial charge in [0, 0.05) is 11.8 Å². The van der Waals surface area contributed by atoms with E-state index in [-0.39, 0.29) is 11.3 Å². The van der Waals surface area contributed by atoms with Gasteiger partial charge in [-0.1, -0.05) is 0 Å². The maximum absolute atomic E-state index is 11.8. The second-order valence-electron chi connectivity index (χ2n) is 2.50. The van der Waals surface area contributed by atoms with Gasteiger partial charge in [-0.2, -0.15) is 0 Å². The van der Waals surface area contributed by atoms with Crippen molar-refractivity contribution in [1.82, 2.24) is 4.98 Å². The van der Waals surface area contributed by atoms with Crippen LogP contribution in [0, 0.1) is 6.92 Å². The van der Waals surface area contributed by atoms with Crippen LogP contribution in [0.25, 0.3) is 0 Å². The molecule has 0 saturated carbocycles. The average molecular weight is 271 g/mol. The number of halogens is 4. The fourth-order valence-electron chi connectivity index (χ4n) is 0.789. The lowest BCUT2D eigenvalue weighted by Crippen LogP contribution is -2.19. The van der Waals surface area contributed by atoms with Crippen molar-refractivity contribution in [2.24, 2.45) is 0 Å². The molecule has 1 aromatic rings. The van der Waals surface area contributed by atoms with Crippen LogP contribution in [0.4, 0.5) is 18.9 Å². The van der Waals surface area contributed by atoms with Crippen LogP contribution in [0.15, 0.2) is 10.7 Å². The summed E-state index contributed by atoms with van der Waals surface area (Å²) in [5.41, 5.74) is 5.80. The fraction of sp³-hybridized carbons (Fsp3) is 0.286. The first kappa shape index (κ1) is 11.1. The molecule has 0 amide bonds. The molecule has 0 fully saturated rings. The third-order valence-corrected chi connectivity index (χ3v) is 2.12. The van der Waals surface area contributed by atoms with E-state index < -0.39 is 12.2 Å². The molecule has 3 nitrogen and oxygen atoms in total. The first-order chi connectivity index (χ1) is 6.31. The Kier molecular flexibility index (Phi) is 2.89. The van der Waals surface area contributed by atoms with E-state index in [1.807, 2.05) is 0 Å². The molecule has 14 heavy (non-hydrogen) atoms. The lowest BCUT2D eigenvalue weighted by molar-refractivity contribution is -0.276. The summed E-state index contributed by atoms with van der Waals surface area (Å²) in [7, 11) is 0. The fourth-order valence-corrected chi connectivity index (χ4v) is 1.19. The average Bonchev–Trinajstić information content (AvgIpc) is 2.04. The number of aromatic nitrogens is 1. The minimum Gasteiger partial charge on any atom is -0.397 e. The molecule has 0 aliphatic rings. The molecule has 1 aromatic heterocycles. The molecule has 7 heteroatoms. The molecule has 0 aromatic carbocycles. The van der Waals surface area contributed by atoms with Gasteiger partial charge in [-0.25, -0.2) is 4.98 Å². The number of hydrogen-bond acceptors (Lipinski definition) is 3. The van der Waals surface area contributed by atoms with Gasteiger partial charge in [-0.3, -0.25) is 0 Å². The number of nitrogens with two attached hydrogens (primary N) is 1. The van der Waals surface area contributed by atoms with E-state index in [9.17, 15) is 13.2 Å². The molecule has 0 atom stereocenters. The van der Waals surface area contributed by atoms with Gasteiger partial charge in [-0.05, 0) is 22.9 Å². The van der Waals surface area contributed by atoms with Crippen LogP contribution < -0.4 is 10.5 Å². The number of hydrogen-bond donors (Lipinski definition) is 1. The first-order valence-corrected chi connectivity index (χ1v) is 4.27. The summed E-state index contributed by atoms with van der Waals surface area (Å²) < 4.78 is 39.6. The van der Waals surface area contributed by atoms with Crippen molar-refractivity contribution in [2.75, 3.05) is 5.73 Å². The topological polar surface area (TPSA) is 48.1 Å². The largest absolute Gasteiger partial charge is 0.574 e. The SMILES string of the molecule is Cc1c(OC(F)(F)F)ncc(Br)c1N. The molecule has 0 aliphatic heterocycles. The van der Waals surface area contributed by atoms with Gasteiger partial charge in [0.15, 0.2) is 0 Å². The predicted octanol–water partition coefficient (Wildman–Crippen LogP) is 2.63. The second-order valence-corrected chi connectivity index (χ2v) is 3.35. The number of pyridine rings is 1. The van der Waals surface area contributed by atoms with E-state index in [2.05, 4.69) is 25.7 Å². The summed E-state index contributed by atoms with van der Waals surface area (Å²) in [6, 6.07) is 0. The smallest absolute Gasteiger partial charge is 0.397 e. The summed E-state index contributed by atoms with van der Waals surface area (Å²) in [6.45, 7) is 1.40. The second kappa shape index (κ2) is 3.64. The Bertz CT molecular complexity index is 354. The van der Waals surface area contributed by atoms with Crippen molar-refractivity contribution in [3.05, 3.63) is 16.2 Å². The molecule has 0 radical (unpaired) electrons. The zero-order valence-electron chi connectivity index (χ0n) is 7.02. The van der Waals surface area contributed by atoms with Crippen molar-refractivity contribution < 1.29 is 17.9 Å². The van der Waals surface area contributed by atoms with E-state index >= 15 is 0 Å². The Morgan fingerprint density at radius 1 is 1.50 bits per heavy atom. The molecule has 2 N–H and O–H groups in total. The van der Waals surface area contributed by atoms with Crippen molar-refractivity contribution in [1.29, 1.82) is 0 Å². The van der Waals surface area contributed by atoms with Gasteiger partial charge in [0.2, 0.25) is 5.88 Å². The van der Waals surface area contributed by atoms with E-state index in [0.29, 0.717) is 4.47 Å². The highest BCUT2D eigenvalue weighted by Crippen LogP contribution is 2.31. The quantitative estimate of drug-likeness (QED) is 0.854. The van der Waals surface area contributed by atoms with E-state index in [0.717, 1.165) is 6.20 Å². The number of ether oxygens (including phenoxy) is 1. The molecule has 0 saturated heterocycles. The van der Waals surface area contributed by atoms with Crippen molar-refractivity contribution in [2.45, 2.75) is 13.3 Å². The minimum atomic E-state index is -4.75. The normalized spacial score (nSPS) is 11.5. The lowest BCUT2D eigenvalue weighted by Gasteiger charge is -2.11. The Morgan fingerprint density at radius 3 is 2.57 bits per heavy atom. The summed E-state index contributed by atoms with van der Waals surface area (Å²) in [5.74, 6) is -0.529. The number of alkyl halides is 3. The summed E-state index contributed by atoms with van der Waals surface area (Å²) in [4.78, 5) is 3.45. The van der Waals surface area contributed by atoms with Gasteiger partial charge >= 0.3 is 6.36 Å². The Morgan fingerprint density at radius 2 is 2.07 bits per heavy atom. The molecule has 78 valence electrons. The van der Waals surface area contributed by atoms with Crippen molar-refractivity contribution in [3.63, 3.8) is 0 Å². The lowest BCUT2D eigenvalue weighted by atomic mass is 10.2. The number of rotatable bonds is 1. The monoisotopic (exact) mass is 270 g/mol. The van der Waals surface area contributed by atoms with Gasteiger partial charge in [0.1, 0.15) is 0 Å². The number of anilines is 1. The summed E-state index contributed by atoms with van der Waals surface area (Å²) >= 11 is 3.04. The molecule has 0 unspecified atom stereocenters. The number of nitrogens with zero attached hydrogens (tertiary/aromatic N) is 1. The maximum atomic E-state index is 11.8. The molecule has 1 rings (SSSR count). The van der Waals surface area contributed by atoms with Gasteiger partial charge in [0.25, 0.3) is 0 Å². The van der Waals surface area contributed by atoms with E-state index in [1.165, 1.54) is 6.92 Å². The Labute approximate surface area is 86.2 Å². The zero-order valence-corrected chi connectivity index (χ0v) is 8.61. The first-order valence-electron chi connectivity index (χ1n) is 3.47. The minimum absolute atomic E-state index is 0.150. The van der Waals surface area contributed by atoms with Crippen LogP contribution in [-0.4, -0.2) is 11.3 Å². The van der Waals surface area contributed by atoms with Crippen LogP contribution in [0.3, 0.4) is 0 Å². The van der Waals surface area contributed by atoms with Crippen LogP contribution in [0.2, 0.25) is 0 Å². The van der Waals surface area contributed by atoms with Crippen LogP contribution in [0.1, 0.15) is 5.56 Å². The molecular formula is C7H6BrF3N2O. The van der Waals surface area contributed by atoms with Crippen molar-refractivity contribution in [3.8, 4) is 5.88 Å². The van der Waals surface area contributed by atoms with Gasteiger partial charge in [-0.15, -0.1) is 13.2 Å². The third-order valence-electron chi connectivity index (χ3n) is 1.49. The third kappa shape index (κ3) is 2.50. The molecule has 0 bridgehead atoms.